The Labute approximate surface area is 279 Å². The quantitative estimate of drug-likeness (QED) is 0.217. The molecule has 16 atom stereocenters. The second-order valence-electron chi connectivity index (χ2n) is 18.7. The molecule has 0 aromatic carbocycles. The van der Waals surface area contributed by atoms with Crippen molar-refractivity contribution < 1.29 is 49.3 Å². The van der Waals surface area contributed by atoms with Crippen LogP contribution in [0.4, 0.5) is 0 Å². The molecule has 4 unspecified atom stereocenters. The molecule has 0 amide bonds. The Morgan fingerprint density at radius 3 is 2.23 bits per heavy atom. The number of esters is 1. The van der Waals surface area contributed by atoms with Crippen LogP contribution in [0.3, 0.4) is 0 Å². The highest BCUT2D eigenvalue weighted by molar-refractivity contribution is 5.66. The van der Waals surface area contributed by atoms with E-state index >= 15 is 0 Å². The van der Waals surface area contributed by atoms with Crippen molar-refractivity contribution in [3.63, 3.8) is 0 Å². The van der Waals surface area contributed by atoms with Crippen LogP contribution in [0.2, 0.25) is 0 Å². The van der Waals surface area contributed by atoms with Gasteiger partial charge in [0.2, 0.25) is 0 Å². The zero-order chi connectivity index (χ0) is 34.3. The SMILES string of the molecule is CC(=O)O[C@@H](C1C[C@@H](C)[C@H]2[C@@](O)(O1)[C@H](O)[C@@]1(C)C3CC[C@H]4C(C)(C)[C@@H](O[C@H]5C[C@@H](O)C(O)CO5)CC[C@@]45CC35CC[C@]21C)C(C)(C)O. The standard InChI is InChI=1S/C37H60O10/c1-19-15-23(29(32(5,6)42)45-20(2)38)47-37(43)28(19)33(7)13-14-36-18-35(36)12-11-26(46-27-16-21(39)22(40)17-44-27)31(3,4)24(35)9-10-25(36)34(33,8)30(37)41/h19,21-30,39-43H,9-18H2,1-8H3/t19-,21-,22?,23?,24+,25?,26+,27+,28-,29+,30-,33-,34-,35-,36?,37-/m1/s1. The Morgan fingerprint density at radius 2 is 1.60 bits per heavy atom. The third-order valence-electron chi connectivity index (χ3n) is 15.8. The van der Waals surface area contributed by atoms with Crippen LogP contribution < -0.4 is 0 Å². The summed E-state index contributed by atoms with van der Waals surface area (Å²) in [4.78, 5) is 12.1. The van der Waals surface area contributed by atoms with Crippen LogP contribution >= 0.6 is 0 Å². The first kappa shape index (κ1) is 34.6. The molecule has 2 spiro atoms. The van der Waals surface area contributed by atoms with E-state index in [0.717, 1.165) is 44.9 Å². The molecule has 0 radical (unpaired) electrons. The smallest absolute Gasteiger partial charge is 0.303 e. The fourth-order valence-electron chi connectivity index (χ4n) is 13.8. The van der Waals surface area contributed by atoms with Gasteiger partial charge in [-0.25, -0.2) is 0 Å². The van der Waals surface area contributed by atoms with Crippen molar-refractivity contribution in [2.75, 3.05) is 6.61 Å². The van der Waals surface area contributed by atoms with Gasteiger partial charge in [0.25, 0.3) is 0 Å². The summed E-state index contributed by atoms with van der Waals surface area (Å²) >= 11 is 0. The molecule has 5 aliphatic carbocycles. The van der Waals surface area contributed by atoms with Gasteiger partial charge in [0.15, 0.2) is 18.2 Å². The molecule has 0 aromatic heterocycles. The lowest BCUT2D eigenvalue weighted by Gasteiger charge is -2.63. The van der Waals surface area contributed by atoms with Gasteiger partial charge in [-0.2, -0.15) is 0 Å². The first-order chi connectivity index (χ1) is 21.7. The van der Waals surface area contributed by atoms with E-state index < -0.39 is 59.6 Å². The second kappa shape index (κ2) is 10.6. The van der Waals surface area contributed by atoms with Crippen LogP contribution in [-0.2, 0) is 23.7 Å². The highest BCUT2D eigenvalue weighted by atomic mass is 16.7. The van der Waals surface area contributed by atoms with E-state index in [1.54, 1.807) is 13.8 Å². The summed E-state index contributed by atoms with van der Waals surface area (Å²) in [7, 11) is 0. The highest BCUT2D eigenvalue weighted by Crippen LogP contribution is 2.89. The molecule has 0 aromatic rings. The number of aliphatic hydroxyl groups excluding tert-OH is 3. The molecule has 0 bridgehead atoms. The molecule has 47 heavy (non-hydrogen) atoms. The lowest BCUT2D eigenvalue weighted by Crippen LogP contribution is -2.61. The van der Waals surface area contributed by atoms with Gasteiger partial charge in [-0.15, -0.1) is 0 Å². The Hall–Kier alpha value is -0.850. The van der Waals surface area contributed by atoms with E-state index in [0.29, 0.717) is 12.3 Å². The number of hydrogen-bond acceptors (Lipinski definition) is 10. The number of ether oxygens (including phenoxy) is 4. The molecular formula is C37H60O10. The average molecular weight is 665 g/mol. The van der Waals surface area contributed by atoms with Gasteiger partial charge < -0.3 is 44.5 Å². The van der Waals surface area contributed by atoms with Crippen LogP contribution in [0.25, 0.3) is 0 Å². The molecule has 5 N–H and O–H groups in total. The Morgan fingerprint density at radius 1 is 0.936 bits per heavy atom. The maximum atomic E-state index is 12.6. The first-order valence-corrected chi connectivity index (χ1v) is 18.3. The fraction of sp³-hybridized carbons (Fsp3) is 0.973. The van der Waals surface area contributed by atoms with Crippen LogP contribution in [0.15, 0.2) is 0 Å². The summed E-state index contributed by atoms with van der Waals surface area (Å²) in [5.74, 6) is -2.03. The van der Waals surface area contributed by atoms with Gasteiger partial charge >= 0.3 is 5.97 Å². The van der Waals surface area contributed by atoms with Crippen molar-refractivity contribution >= 4 is 5.97 Å². The van der Waals surface area contributed by atoms with E-state index in [1.165, 1.54) is 6.92 Å². The van der Waals surface area contributed by atoms with E-state index in [-0.39, 0.29) is 58.5 Å². The minimum absolute atomic E-state index is 0.0167. The molecule has 7 fully saturated rings. The number of aliphatic hydroxyl groups is 5. The summed E-state index contributed by atoms with van der Waals surface area (Å²) in [6.07, 6.45) is 2.64. The normalized spacial score (nSPS) is 55.4. The third-order valence-corrected chi connectivity index (χ3v) is 15.8. The molecule has 5 saturated carbocycles. The van der Waals surface area contributed by atoms with E-state index in [4.69, 9.17) is 18.9 Å². The fourth-order valence-corrected chi connectivity index (χ4v) is 13.8. The predicted molar refractivity (Wildman–Crippen MR) is 170 cm³/mol. The third kappa shape index (κ3) is 4.47. The molecule has 2 heterocycles. The molecule has 268 valence electrons. The number of fused-ring (bicyclic) bond motifs is 4. The summed E-state index contributed by atoms with van der Waals surface area (Å²) < 4.78 is 24.5. The average Bonchev–Trinajstić information content (AvgIpc) is 3.60. The zero-order valence-electron chi connectivity index (χ0n) is 29.7. The number of rotatable bonds is 5. The minimum Gasteiger partial charge on any atom is -0.457 e. The van der Waals surface area contributed by atoms with Crippen molar-refractivity contribution in [1.82, 2.24) is 0 Å². The Balaban J connectivity index is 1.17. The zero-order valence-corrected chi connectivity index (χ0v) is 29.7. The topological polar surface area (TPSA) is 155 Å². The highest BCUT2D eigenvalue weighted by Gasteiger charge is 2.86. The Bertz CT molecular complexity index is 1270. The summed E-state index contributed by atoms with van der Waals surface area (Å²) in [6, 6.07) is 0. The molecule has 10 nitrogen and oxygen atoms in total. The van der Waals surface area contributed by atoms with Crippen molar-refractivity contribution in [1.29, 1.82) is 0 Å². The largest absolute Gasteiger partial charge is 0.457 e. The van der Waals surface area contributed by atoms with Gasteiger partial charge in [0.05, 0.1) is 24.4 Å². The van der Waals surface area contributed by atoms with Crippen LogP contribution in [0.5, 0.6) is 0 Å². The van der Waals surface area contributed by atoms with E-state index in [1.807, 2.05) is 0 Å². The first-order valence-electron chi connectivity index (χ1n) is 18.3. The lowest BCUT2D eigenvalue weighted by atomic mass is 9.41. The number of hydrogen-bond donors (Lipinski definition) is 5. The van der Waals surface area contributed by atoms with Crippen molar-refractivity contribution in [3.05, 3.63) is 0 Å². The molecule has 2 saturated heterocycles. The monoisotopic (exact) mass is 664 g/mol. The summed E-state index contributed by atoms with van der Waals surface area (Å²) in [5.41, 5.74) is -2.26. The molecule has 7 rings (SSSR count). The maximum absolute atomic E-state index is 12.6. The summed E-state index contributed by atoms with van der Waals surface area (Å²) in [5, 5.41) is 56.3. The molecule has 7 aliphatic rings. The Kier molecular flexibility index (Phi) is 7.80. The second-order valence-corrected chi connectivity index (χ2v) is 18.7. The molecule has 2 aliphatic heterocycles. The van der Waals surface area contributed by atoms with Gasteiger partial charge in [-0.05, 0) is 105 Å². The van der Waals surface area contributed by atoms with Gasteiger partial charge in [0.1, 0.15) is 18.3 Å². The van der Waals surface area contributed by atoms with Crippen molar-refractivity contribution in [2.45, 2.75) is 167 Å². The van der Waals surface area contributed by atoms with Crippen molar-refractivity contribution in [2.24, 2.45) is 50.7 Å². The van der Waals surface area contributed by atoms with Gasteiger partial charge in [-0.1, -0.05) is 34.6 Å². The number of carbonyl (C=O) groups is 1. The maximum Gasteiger partial charge on any atom is 0.303 e. The van der Waals surface area contributed by atoms with Crippen molar-refractivity contribution in [3.8, 4) is 0 Å². The van der Waals surface area contributed by atoms with Gasteiger partial charge in [-0.3, -0.25) is 4.79 Å². The summed E-state index contributed by atoms with van der Waals surface area (Å²) in [6.45, 7) is 15.8. The molecular weight excluding hydrogens is 604 g/mol. The number of carbonyl (C=O) groups excluding carboxylic acids is 1. The lowest BCUT2D eigenvalue weighted by molar-refractivity contribution is -0.342. The minimum atomic E-state index is -1.83. The molecule has 10 heteroatoms. The van der Waals surface area contributed by atoms with E-state index in [2.05, 4.69) is 34.6 Å². The van der Waals surface area contributed by atoms with Gasteiger partial charge in [0, 0.05) is 24.7 Å². The van der Waals surface area contributed by atoms with E-state index in [9.17, 15) is 30.3 Å². The van der Waals surface area contributed by atoms with Crippen LogP contribution in [-0.4, -0.2) is 92.4 Å². The van der Waals surface area contributed by atoms with Crippen LogP contribution in [0, 0.1) is 50.7 Å². The van der Waals surface area contributed by atoms with Crippen LogP contribution in [0.1, 0.15) is 113 Å². The predicted octanol–water partition coefficient (Wildman–Crippen LogP) is 3.68.